The van der Waals surface area contributed by atoms with Crippen molar-refractivity contribution in [3.05, 3.63) is 66.0 Å². The summed E-state index contributed by atoms with van der Waals surface area (Å²) in [5.74, 6) is -0.232. The number of nitrogens with one attached hydrogen (secondary N) is 1. The number of tetrazole rings is 1. The SMILES string of the molecule is O=C(NCc1cccc(OCC(F)(F)F)c1)c1ccc(-n2cnnn2)cc1. The van der Waals surface area contributed by atoms with E-state index < -0.39 is 12.8 Å². The molecule has 0 fully saturated rings. The summed E-state index contributed by atoms with van der Waals surface area (Å²) in [6.07, 6.45) is -2.97. The smallest absolute Gasteiger partial charge is 0.422 e. The molecule has 0 aliphatic heterocycles. The maximum Gasteiger partial charge on any atom is 0.422 e. The van der Waals surface area contributed by atoms with E-state index >= 15 is 0 Å². The third-order valence-corrected chi connectivity index (χ3v) is 3.50. The molecular weight excluding hydrogens is 363 g/mol. The van der Waals surface area contributed by atoms with Gasteiger partial charge in [-0.15, -0.1) is 5.10 Å². The molecule has 0 saturated carbocycles. The lowest BCUT2D eigenvalue weighted by Gasteiger charge is -2.11. The number of rotatable bonds is 6. The van der Waals surface area contributed by atoms with Gasteiger partial charge in [0.25, 0.3) is 5.91 Å². The number of carbonyl (C=O) groups excluding carboxylic acids is 1. The van der Waals surface area contributed by atoms with Crippen LogP contribution in [-0.4, -0.2) is 38.9 Å². The van der Waals surface area contributed by atoms with Crippen LogP contribution in [-0.2, 0) is 6.54 Å². The number of amides is 1. The van der Waals surface area contributed by atoms with E-state index in [4.69, 9.17) is 4.74 Å². The third-order valence-electron chi connectivity index (χ3n) is 3.50. The van der Waals surface area contributed by atoms with Gasteiger partial charge in [-0.3, -0.25) is 4.79 Å². The van der Waals surface area contributed by atoms with Crippen molar-refractivity contribution in [3.8, 4) is 11.4 Å². The van der Waals surface area contributed by atoms with E-state index in [1.807, 2.05) is 0 Å². The summed E-state index contributed by atoms with van der Waals surface area (Å²) in [6.45, 7) is -1.22. The average Bonchev–Trinajstić information content (AvgIpc) is 3.19. The number of aromatic nitrogens is 4. The second-order valence-electron chi connectivity index (χ2n) is 5.54. The van der Waals surface area contributed by atoms with Gasteiger partial charge >= 0.3 is 6.18 Å². The molecule has 0 bridgehead atoms. The van der Waals surface area contributed by atoms with Gasteiger partial charge in [0.1, 0.15) is 12.1 Å². The number of nitrogens with zero attached hydrogens (tertiary/aromatic N) is 4. The van der Waals surface area contributed by atoms with Crippen molar-refractivity contribution in [2.24, 2.45) is 0 Å². The zero-order valence-corrected chi connectivity index (χ0v) is 13.8. The van der Waals surface area contributed by atoms with E-state index in [1.165, 1.54) is 23.1 Å². The zero-order chi connectivity index (χ0) is 19.3. The fraction of sp³-hybridized carbons (Fsp3) is 0.176. The molecule has 140 valence electrons. The van der Waals surface area contributed by atoms with E-state index in [9.17, 15) is 18.0 Å². The molecule has 10 heteroatoms. The van der Waals surface area contributed by atoms with E-state index in [-0.39, 0.29) is 18.2 Å². The lowest BCUT2D eigenvalue weighted by Crippen LogP contribution is -2.23. The number of benzene rings is 2. The normalized spacial score (nSPS) is 11.2. The van der Waals surface area contributed by atoms with Crippen LogP contribution in [0.3, 0.4) is 0 Å². The lowest BCUT2D eigenvalue weighted by atomic mass is 10.1. The first-order valence-electron chi connectivity index (χ1n) is 7.81. The number of hydrogen-bond acceptors (Lipinski definition) is 5. The largest absolute Gasteiger partial charge is 0.484 e. The Hall–Kier alpha value is -3.43. The van der Waals surface area contributed by atoms with E-state index in [1.54, 1.807) is 36.4 Å². The molecule has 1 amide bonds. The first kappa shape index (κ1) is 18.4. The molecule has 27 heavy (non-hydrogen) atoms. The van der Waals surface area contributed by atoms with Crippen LogP contribution in [0.4, 0.5) is 13.2 Å². The summed E-state index contributed by atoms with van der Waals surface area (Å²) < 4.78 is 42.8. The Kier molecular flexibility index (Phi) is 5.34. The molecule has 0 atom stereocenters. The van der Waals surface area contributed by atoms with Crippen molar-refractivity contribution in [2.45, 2.75) is 12.7 Å². The Morgan fingerprint density at radius 2 is 1.93 bits per heavy atom. The molecule has 2 aromatic carbocycles. The summed E-state index contributed by atoms with van der Waals surface area (Å²) in [5, 5.41) is 13.5. The van der Waals surface area contributed by atoms with Gasteiger partial charge in [-0.05, 0) is 52.4 Å². The fourth-order valence-corrected chi connectivity index (χ4v) is 2.24. The predicted octanol–water partition coefficient (Wildman–Crippen LogP) is 2.53. The molecule has 0 radical (unpaired) electrons. The molecule has 0 aliphatic rings. The number of hydrogen-bond donors (Lipinski definition) is 1. The number of halogens is 3. The minimum absolute atomic E-state index is 0.0878. The third kappa shape index (κ3) is 5.27. The van der Waals surface area contributed by atoms with Crippen LogP contribution in [0.15, 0.2) is 54.9 Å². The Morgan fingerprint density at radius 3 is 2.59 bits per heavy atom. The number of carbonyl (C=O) groups is 1. The van der Waals surface area contributed by atoms with Gasteiger partial charge in [0.05, 0.1) is 5.69 Å². The Bertz CT molecular complexity index is 896. The monoisotopic (exact) mass is 377 g/mol. The summed E-state index contributed by atoms with van der Waals surface area (Å²) in [5.41, 5.74) is 1.75. The maximum atomic E-state index is 12.2. The van der Waals surface area contributed by atoms with Crippen molar-refractivity contribution < 1.29 is 22.7 Å². The predicted molar refractivity (Wildman–Crippen MR) is 88.3 cm³/mol. The van der Waals surface area contributed by atoms with Gasteiger partial charge in [0, 0.05) is 12.1 Å². The molecule has 0 unspecified atom stereocenters. The second kappa shape index (κ2) is 7.85. The Balaban J connectivity index is 1.57. The van der Waals surface area contributed by atoms with E-state index in [2.05, 4.69) is 20.8 Å². The van der Waals surface area contributed by atoms with Crippen molar-refractivity contribution in [1.29, 1.82) is 0 Å². The molecule has 0 saturated heterocycles. The van der Waals surface area contributed by atoms with Crippen molar-refractivity contribution >= 4 is 5.91 Å². The van der Waals surface area contributed by atoms with Crippen LogP contribution >= 0.6 is 0 Å². The van der Waals surface area contributed by atoms with Gasteiger partial charge in [-0.1, -0.05) is 12.1 Å². The summed E-state index contributed by atoms with van der Waals surface area (Å²) in [7, 11) is 0. The molecule has 3 rings (SSSR count). The van der Waals surface area contributed by atoms with Crippen molar-refractivity contribution in [2.75, 3.05) is 6.61 Å². The highest BCUT2D eigenvalue weighted by Gasteiger charge is 2.28. The minimum atomic E-state index is -4.40. The summed E-state index contributed by atoms with van der Waals surface area (Å²) >= 11 is 0. The van der Waals surface area contributed by atoms with Gasteiger partial charge < -0.3 is 10.1 Å². The highest BCUT2D eigenvalue weighted by molar-refractivity contribution is 5.94. The van der Waals surface area contributed by atoms with Gasteiger partial charge in [0.2, 0.25) is 0 Å². The molecular formula is C17H14F3N5O2. The maximum absolute atomic E-state index is 12.2. The highest BCUT2D eigenvalue weighted by atomic mass is 19.4. The first-order chi connectivity index (χ1) is 12.9. The van der Waals surface area contributed by atoms with Crippen LogP contribution in [0, 0.1) is 0 Å². The summed E-state index contributed by atoms with van der Waals surface area (Å²) in [4.78, 5) is 12.2. The molecule has 1 N–H and O–H groups in total. The van der Waals surface area contributed by atoms with Crippen LogP contribution in [0.2, 0.25) is 0 Å². The van der Waals surface area contributed by atoms with Gasteiger partial charge in [-0.2, -0.15) is 13.2 Å². The van der Waals surface area contributed by atoms with Crippen LogP contribution in [0.5, 0.6) is 5.75 Å². The highest BCUT2D eigenvalue weighted by Crippen LogP contribution is 2.19. The van der Waals surface area contributed by atoms with Gasteiger partial charge in [0.15, 0.2) is 6.61 Å². The molecule has 0 spiro atoms. The fourth-order valence-electron chi connectivity index (χ4n) is 2.24. The molecule has 1 heterocycles. The Labute approximate surface area is 151 Å². The van der Waals surface area contributed by atoms with Crippen molar-refractivity contribution in [3.63, 3.8) is 0 Å². The second-order valence-corrected chi connectivity index (χ2v) is 5.54. The molecule has 1 aromatic heterocycles. The van der Waals surface area contributed by atoms with Gasteiger partial charge in [-0.25, -0.2) is 4.68 Å². The Morgan fingerprint density at radius 1 is 1.15 bits per heavy atom. The van der Waals surface area contributed by atoms with Crippen LogP contribution in [0.1, 0.15) is 15.9 Å². The van der Waals surface area contributed by atoms with Crippen LogP contribution in [0.25, 0.3) is 5.69 Å². The molecule has 7 nitrogen and oxygen atoms in total. The van der Waals surface area contributed by atoms with E-state index in [0.29, 0.717) is 16.8 Å². The number of alkyl halides is 3. The first-order valence-corrected chi connectivity index (χ1v) is 7.81. The van der Waals surface area contributed by atoms with Crippen molar-refractivity contribution in [1.82, 2.24) is 25.5 Å². The topological polar surface area (TPSA) is 81.9 Å². The lowest BCUT2D eigenvalue weighted by molar-refractivity contribution is -0.153. The van der Waals surface area contributed by atoms with E-state index in [0.717, 1.165) is 0 Å². The number of ether oxygens (including phenoxy) is 1. The van der Waals surface area contributed by atoms with Crippen LogP contribution < -0.4 is 10.1 Å². The zero-order valence-electron chi connectivity index (χ0n) is 13.8. The molecule has 3 aromatic rings. The quantitative estimate of drug-likeness (QED) is 0.714. The summed E-state index contributed by atoms with van der Waals surface area (Å²) in [6, 6.07) is 12.7. The molecule has 0 aliphatic carbocycles. The standard InChI is InChI=1S/C17H14F3N5O2/c18-17(19,20)10-27-15-3-1-2-12(8-15)9-21-16(26)13-4-6-14(7-5-13)25-11-22-23-24-25/h1-8,11H,9-10H2,(H,21,26). The minimum Gasteiger partial charge on any atom is -0.484 e. The average molecular weight is 377 g/mol.